The molecular weight excluding hydrogens is 116 g/mol. The van der Waals surface area contributed by atoms with Crippen LogP contribution in [0.4, 0.5) is 0 Å². The van der Waals surface area contributed by atoms with Crippen LogP contribution in [0.25, 0.3) is 0 Å². The van der Waals surface area contributed by atoms with Crippen molar-refractivity contribution in [3.63, 3.8) is 0 Å². The smallest absolute Gasteiger partial charge is 0.309 e. The summed E-state index contributed by atoms with van der Waals surface area (Å²) in [5, 5.41) is 0. The monoisotopic (exact) mass is 126 g/mol. The van der Waals surface area contributed by atoms with Crippen LogP contribution in [0.15, 0.2) is 12.2 Å². The topological polar surface area (TPSA) is 26.3 Å². The Hall–Kier alpha value is -0.790. The number of hydrogen-bond acceptors (Lipinski definition) is 2. The van der Waals surface area contributed by atoms with Crippen molar-refractivity contribution in [2.24, 2.45) is 0 Å². The van der Waals surface area contributed by atoms with Gasteiger partial charge in [0.1, 0.15) is 6.10 Å². The van der Waals surface area contributed by atoms with E-state index in [0.29, 0.717) is 6.42 Å². The zero-order valence-corrected chi connectivity index (χ0v) is 5.46. The molecule has 0 saturated carbocycles. The highest BCUT2D eigenvalue weighted by molar-refractivity contribution is 5.71. The van der Waals surface area contributed by atoms with Crippen LogP contribution in [0.1, 0.15) is 19.8 Å². The van der Waals surface area contributed by atoms with E-state index in [9.17, 15) is 4.79 Å². The quantitative estimate of drug-likeness (QED) is 0.361. The van der Waals surface area contributed by atoms with Gasteiger partial charge in [0.15, 0.2) is 0 Å². The van der Waals surface area contributed by atoms with Crippen LogP contribution < -0.4 is 0 Å². The summed E-state index contributed by atoms with van der Waals surface area (Å²) >= 11 is 0. The summed E-state index contributed by atoms with van der Waals surface area (Å²) < 4.78 is 4.91. The van der Waals surface area contributed by atoms with E-state index < -0.39 is 0 Å². The van der Waals surface area contributed by atoms with Gasteiger partial charge in [-0.1, -0.05) is 12.2 Å². The lowest BCUT2D eigenvalue weighted by molar-refractivity contribution is -0.146. The highest BCUT2D eigenvalue weighted by Gasteiger charge is 2.08. The third kappa shape index (κ3) is 1.88. The van der Waals surface area contributed by atoms with Crippen molar-refractivity contribution in [2.75, 3.05) is 0 Å². The van der Waals surface area contributed by atoms with E-state index in [1.165, 1.54) is 0 Å². The highest BCUT2D eigenvalue weighted by atomic mass is 16.5. The van der Waals surface area contributed by atoms with Crippen LogP contribution in [0, 0.1) is 0 Å². The maximum Gasteiger partial charge on any atom is 0.309 e. The first-order chi connectivity index (χ1) is 4.29. The normalized spacial score (nSPS) is 27.2. The molecule has 0 spiro atoms. The molecule has 0 aromatic heterocycles. The summed E-state index contributed by atoms with van der Waals surface area (Å²) in [7, 11) is 0. The number of carbonyl (C=O) groups is 1. The Morgan fingerprint density at radius 1 is 1.67 bits per heavy atom. The minimum atomic E-state index is -0.115. The predicted octanol–water partition coefficient (Wildman–Crippen LogP) is 1.27. The molecule has 0 bridgehead atoms. The summed E-state index contributed by atoms with van der Waals surface area (Å²) in [5.41, 5.74) is 0. The fraction of sp³-hybridized carbons (Fsp3) is 0.571. The molecule has 9 heavy (non-hydrogen) atoms. The molecule has 2 nitrogen and oxygen atoms in total. The highest BCUT2D eigenvalue weighted by Crippen LogP contribution is 2.05. The Morgan fingerprint density at radius 2 is 2.44 bits per heavy atom. The molecule has 1 atom stereocenters. The Balaban J connectivity index is 2.50. The van der Waals surface area contributed by atoms with Crippen LogP contribution >= 0.6 is 0 Å². The lowest BCUT2D eigenvalue weighted by Crippen LogP contribution is -2.10. The summed E-state index contributed by atoms with van der Waals surface area (Å²) in [6.07, 6.45) is 5.19. The maximum absolute atomic E-state index is 10.6. The standard InChI is InChI=1S/C7H10O2/c1-6-4-2-3-5-7(8)9-6/h2-3,6H,4-5H2,1H3. The second kappa shape index (κ2) is 2.67. The van der Waals surface area contributed by atoms with Crippen LogP contribution in [0.5, 0.6) is 0 Å². The number of cyclic esters (lactones) is 1. The molecule has 1 rings (SSSR count). The number of hydrogen-bond donors (Lipinski definition) is 0. The SMILES string of the molecule is CC1CC=CCC(=O)O1. The van der Waals surface area contributed by atoms with E-state index in [0.717, 1.165) is 6.42 Å². The molecule has 50 valence electrons. The first-order valence-corrected chi connectivity index (χ1v) is 3.13. The first kappa shape index (κ1) is 6.33. The number of carbonyl (C=O) groups excluding carboxylic acids is 1. The van der Waals surface area contributed by atoms with Crippen LogP contribution in [-0.4, -0.2) is 12.1 Å². The molecule has 0 radical (unpaired) electrons. The van der Waals surface area contributed by atoms with Gasteiger partial charge in [-0.05, 0) is 6.92 Å². The largest absolute Gasteiger partial charge is 0.462 e. The maximum atomic E-state index is 10.6. The fourth-order valence-electron chi connectivity index (χ4n) is 0.788. The number of esters is 1. The summed E-state index contributed by atoms with van der Waals surface area (Å²) in [6, 6.07) is 0. The van der Waals surface area contributed by atoms with Gasteiger partial charge in [0.05, 0.1) is 6.42 Å². The molecule has 2 heteroatoms. The van der Waals surface area contributed by atoms with Crippen LogP contribution in [-0.2, 0) is 9.53 Å². The van der Waals surface area contributed by atoms with Crippen LogP contribution in [0.2, 0.25) is 0 Å². The molecule has 1 unspecified atom stereocenters. The molecule has 0 saturated heterocycles. The molecule has 1 aliphatic heterocycles. The minimum Gasteiger partial charge on any atom is -0.462 e. The Bertz CT molecular complexity index is 138. The van der Waals surface area contributed by atoms with Crippen molar-refractivity contribution in [2.45, 2.75) is 25.9 Å². The van der Waals surface area contributed by atoms with E-state index in [1.54, 1.807) is 0 Å². The lowest BCUT2D eigenvalue weighted by Gasteiger charge is -2.06. The Morgan fingerprint density at radius 3 is 3.22 bits per heavy atom. The molecule has 1 aliphatic rings. The van der Waals surface area contributed by atoms with Crippen molar-refractivity contribution >= 4 is 5.97 Å². The van der Waals surface area contributed by atoms with Gasteiger partial charge in [-0.15, -0.1) is 0 Å². The van der Waals surface area contributed by atoms with Gasteiger partial charge in [0, 0.05) is 6.42 Å². The van der Waals surface area contributed by atoms with E-state index in [4.69, 9.17) is 4.74 Å². The second-order valence-electron chi connectivity index (χ2n) is 2.21. The molecule has 0 amide bonds. The van der Waals surface area contributed by atoms with E-state index in [1.807, 2.05) is 19.1 Å². The Labute approximate surface area is 54.5 Å². The number of ether oxygens (including phenoxy) is 1. The van der Waals surface area contributed by atoms with Crippen molar-refractivity contribution < 1.29 is 9.53 Å². The summed E-state index contributed by atoms with van der Waals surface area (Å²) in [6.45, 7) is 1.90. The van der Waals surface area contributed by atoms with Gasteiger partial charge >= 0.3 is 5.97 Å². The fourth-order valence-corrected chi connectivity index (χ4v) is 0.788. The zero-order chi connectivity index (χ0) is 6.69. The van der Waals surface area contributed by atoms with Gasteiger partial charge in [0.2, 0.25) is 0 Å². The van der Waals surface area contributed by atoms with Gasteiger partial charge in [0.25, 0.3) is 0 Å². The van der Waals surface area contributed by atoms with Gasteiger partial charge in [-0.3, -0.25) is 4.79 Å². The van der Waals surface area contributed by atoms with Crippen molar-refractivity contribution in [3.8, 4) is 0 Å². The molecule has 0 aliphatic carbocycles. The summed E-state index contributed by atoms with van der Waals surface area (Å²) in [4.78, 5) is 10.6. The second-order valence-corrected chi connectivity index (χ2v) is 2.21. The average Bonchev–Trinajstić information content (AvgIpc) is 1.93. The van der Waals surface area contributed by atoms with Crippen molar-refractivity contribution in [1.82, 2.24) is 0 Å². The average molecular weight is 126 g/mol. The van der Waals surface area contributed by atoms with Crippen LogP contribution in [0.3, 0.4) is 0 Å². The minimum absolute atomic E-state index is 0.0660. The van der Waals surface area contributed by atoms with Gasteiger partial charge in [-0.25, -0.2) is 0 Å². The zero-order valence-electron chi connectivity index (χ0n) is 5.46. The molecule has 1 heterocycles. The van der Waals surface area contributed by atoms with Crippen molar-refractivity contribution in [1.29, 1.82) is 0 Å². The molecule has 0 fully saturated rings. The predicted molar refractivity (Wildman–Crippen MR) is 33.9 cm³/mol. The van der Waals surface area contributed by atoms with E-state index in [-0.39, 0.29) is 12.1 Å². The Kier molecular flexibility index (Phi) is 1.88. The lowest BCUT2D eigenvalue weighted by atomic mass is 10.3. The van der Waals surface area contributed by atoms with Gasteiger partial charge in [-0.2, -0.15) is 0 Å². The summed E-state index contributed by atoms with van der Waals surface area (Å²) in [5.74, 6) is -0.115. The molecule has 0 aromatic carbocycles. The number of rotatable bonds is 0. The molecule has 0 aromatic rings. The van der Waals surface area contributed by atoms with E-state index >= 15 is 0 Å². The first-order valence-electron chi connectivity index (χ1n) is 3.13. The third-order valence-corrected chi connectivity index (χ3v) is 1.25. The third-order valence-electron chi connectivity index (χ3n) is 1.25. The molecule has 0 N–H and O–H groups in total. The van der Waals surface area contributed by atoms with Crippen molar-refractivity contribution in [3.05, 3.63) is 12.2 Å². The van der Waals surface area contributed by atoms with Gasteiger partial charge < -0.3 is 4.74 Å². The van der Waals surface area contributed by atoms with E-state index in [2.05, 4.69) is 0 Å². The molecular formula is C7H10O2.